The normalized spacial score (nSPS) is 13.9. The number of aryl methyl sites for hydroxylation is 1. The zero-order valence-corrected chi connectivity index (χ0v) is 14.7. The fourth-order valence-electron chi connectivity index (χ4n) is 2.51. The SMILES string of the molecule is Cc1ccc(-c2nccc(-c3csc(NC4=NCCCN4)n3)n2)cc1. The standard InChI is InChI=1S/C18H18N6S/c1-12-3-5-13(6-4-12)16-19-10-7-14(22-16)15-11-25-18(23-15)24-17-20-8-2-9-21-17/h3-7,10-11H,2,8-9H2,1H3,(H2,20,21,23,24). The maximum absolute atomic E-state index is 4.66. The van der Waals surface area contributed by atoms with Crippen molar-refractivity contribution < 1.29 is 0 Å². The van der Waals surface area contributed by atoms with E-state index in [9.17, 15) is 0 Å². The van der Waals surface area contributed by atoms with Gasteiger partial charge in [-0.3, -0.25) is 4.99 Å². The molecule has 0 atom stereocenters. The molecule has 0 unspecified atom stereocenters. The van der Waals surface area contributed by atoms with Crippen LogP contribution < -0.4 is 10.6 Å². The van der Waals surface area contributed by atoms with Crippen LogP contribution in [0.4, 0.5) is 5.13 Å². The lowest BCUT2D eigenvalue weighted by molar-refractivity contribution is 0.740. The van der Waals surface area contributed by atoms with Gasteiger partial charge in [0, 0.05) is 30.2 Å². The molecule has 2 aromatic heterocycles. The molecule has 7 heteroatoms. The molecule has 4 rings (SSSR count). The van der Waals surface area contributed by atoms with Gasteiger partial charge in [0.25, 0.3) is 0 Å². The molecule has 0 fully saturated rings. The molecule has 0 bridgehead atoms. The molecular weight excluding hydrogens is 332 g/mol. The van der Waals surface area contributed by atoms with Gasteiger partial charge in [0.1, 0.15) is 5.69 Å². The Balaban J connectivity index is 1.57. The molecule has 0 aliphatic carbocycles. The Kier molecular flexibility index (Phi) is 4.39. The monoisotopic (exact) mass is 350 g/mol. The van der Waals surface area contributed by atoms with Crippen LogP contribution in [0.2, 0.25) is 0 Å². The molecule has 0 radical (unpaired) electrons. The van der Waals surface area contributed by atoms with E-state index in [4.69, 9.17) is 0 Å². The van der Waals surface area contributed by atoms with E-state index in [-0.39, 0.29) is 0 Å². The van der Waals surface area contributed by atoms with Crippen LogP contribution in [0, 0.1) is 6.92 Å². The van der Waals surface area contributed by atoms with Crippen molar-refractivity contribution in [2.45, 2.75) is 13.3 Å². The molecular formula is C18H18N6S. The molecule has 25 heavy (non-hydrogen) atoms. The lowest BCUT2D eigenvalue weighted by atomic mass is 10.1. The van der Waals surface area contributed by atoms with E-state index in [0.29, 0.717) is 5.82 Å². The lowest BCUT2D eigenvalue weighted by Crippen LogP contribution is -2.35. The Hall–Kier alpha value is -2.80. The molecule has 1 aliphatic heterocycles. The summed E-state index contributed by atoms with van der Waals surface area (Å²) in [6.45, 7) is 3.85. The van der Waals surface area contributed by atoms with Gasteiger partial charge in [-0.2, -0.15) is 0 Å². The van der Waals surface area contributed by atoms with Crippen molar-refractivity contribution >= 4 is 22.4 Å². The number of benzene rings is 1. The summed E-state index contributed by atoms with van der Waals surface area (Å²) in [4.78, 5) is 18.1. The van der Waals surface area contributed by atoms with Crippen molar-refractivity contribution in [3.8, 4) is 22.8 Å². The molecule has 126 valence electrons. The highest BCUT2D eigenvalue weighted by atomic mass is 32.1. The number of nitrogens with one attached hydrogen (secondary N) is 2. The van der Waals surface area contributed by atoms with Gasteiger partial charge in [-0.1, -0.05) is 29.8 Å². The Bertz CT molecular complexity index is 900. The lowest BCUT2D eigenvalue weighted by Gasteiger charge is -2.14. The van der Waals surface area contributed by atoms with E-state index in [1.165, 1.54) is 16.9 Å². The number of nitrogens with zero attached hydrogens (tertiary/aromatic N) is 4. The van der Waals surface area contributed by atoms with E-state index < -0.39 is 0 Å². The van der Waals surface area contributed by atoms with Gasteiger partial charge in [0.05, 0.1) is 5.69 Å². The van der Waals surface area contributed by atoms with Crippen LogP contribution in [-0.2, 0) is 0 Å². The summed E-state index contributed by atoms with van der Waals surface area (Å²) in [5, 5.41) is 9.26. The smallest absolute Gasteiger partial charge is 0.197 e. The second kappa shape index (κ2) is 6.98. The first-order chi connectivity index (χ1) is 12.3. The summed E-state index contributed by atoms with van der Waals surface area (Å²) in [7, 11) is 0. The highest BCUT2D eigenvalue weighted by molar-refractivity contribution is 7.14. The van der Waals surface area contributed by atoms with Gasteiger partial charge in [-0.15, -0.1) is 11.3 Å². The van der Waals surface area contributed by atoms with Crippen LogP contribution in [0.5, 0.6) is 0 Å². The van der Waals surface area contributed by atoms with Crippen LogP contribution in [0.15, 0.2) is 46.9 Å². The maximum Gasteiger partial charge on any atom is 0.197 e. The number of aromatic nitrogens is 3. The number of guanidine groups is 1. The molecule has 0 spiro atoms. The summed E-state index contributed by atoms with van der Waals surface area (Å²) in [5.74, 6) is 1.49. The number of hydrogen-bond donors (Lipinski definition) is 2. The highest BCUT2D eigenvalue weighted by Gasteiger charge is 2.11. The van der Waals surface area contributed by atoms with Crippen molar-refractivity contribution in [1.29, 1.82) is 0 Å². The predicted molar refractivity (Wildman–Crippen MR) is 102 cm³/mol. The molecule has 1 aliphatic rings. The first kappa shape index (κ1) is 15.7. The summed E-state index contributed by atoms with van der Waals surface area (Å²) >= 11 is 1.54. The third kappa shape index (κ3) is 3.66. The molecule has 2 N–H and O–H groups in total. The Morgan fingerprint density at radius 1 is 1.08 bits per heavy atom. The minimum atomic E-state index is 0.707. The zero-order chi connectivity index (χ0) is 17.1. The van der Waals surface area contributed by atoms with Crippen molar-refractivity contribution in [2.24, 2.45) is 4.99 Å². The van der Waals surface area contributed by atoms with Gasteiger partial charge < -0.3 is 10.6 Å². The van der Waals surface area contributed by atoms with Gasteiger partial charge >= 0.3 is 0 Å². The minimum absolute atomic E-state index is 0.707. The molecule has 0 amide bonds. The van der Waals surface area contributed by atoms with Gasteiger partial charge in [-0.05, 0) is 19.4 Å². The van der Waals surface area contributed by atoms with Crippen LogP contribution in [0.25, 0.3) is 22.8 Å². The van der Waals surface area contributed by atoms with Crippen LogP contribution in [0.3, 0.4) is 0 Å². The second-order valence-electron chi connectivity index (χ2n) is 5.81. The van der Waals surface area contributed by atoms with Crippen molar-refractivity contribution in [1.82, 2.24) is 20.3 Å². The van der Waals surface area contributed by atoms with Gasteiger partial charge in [0.2, 0.25) is 0 Å². The molecule has 0 saturated carbocycles. The van der Waals surface area contributed by atoms with Crippen molar-refractivity contribution in [3.05, 3.63) is 47.5 Å². The molecule has 3 aromatic rings. The van der Waals surface area contributed by atoms with E-state index in [0.717, 1.165) is 47.6 Å². The maximum atomic E-state index is 4.66. The number of rotatable bonds is 3. The minimum Gasteiger partial charge on any atom is -0.356 e. The van der Waals surface area contributed by atoms with Gasteiger partial charge in [0.15, 0.2) is 16.9 Å². The van der Waals surface area contributed by atoms with Crippen molar-refractivity contribution in [2.75, 3.05) is 18.4 Å². The predicted octanol–water partition coefficient (Wildman–Crippen LogP) is 3.34. The van der Waals surface area contributed by atoms with E-state index in [1.807, 2.05) is 23.6 Å². The number of hydrogen-bond acceptors (Lipinski definition) is 7. The molecule has 1 aromatic carbocycles. The first-order valence-corrected chi connectivity index (χ1v) is 9.07. The quantitative estimate of drug-likeness (QED) is 0.758. The van der Waals surface area contributed by atoms with E-state index in [2.05, 4.69) is 49.6 Å². The number of aliphatic imine (C=N–C) groups is 1. The second-order valence-corrected chi connectivity index (χ2v) is 6.66. The fourth-order valence-corrected chi connectivity index (χ4v) is 3.21. The first-order valence-electron chi connectivity index (χ1n) is 8.19. The van der Waals surface area contributed by atoms with Crippen LogP contribution in [0.1, 0.15) is 12.0 Å². The summed E-state index contributed by atoms with van der Waals surface area (Å²) in [5.41, 5.74) is 3.87. The van der Waals surface area contributed by atoms with Gasteiger partial charge in [-0.25, -0.2) is 15.0 Å². The average Bonchev–Trinajstić information content (AvgIpc) is 3.12. The number of anilines is 1. The Morgan fingerprint density at radius 3 is 2.76 bits per heavy atom. The van der Waals surface area contributed by atoms with E-state index in [1.54, 1.807) is 6.20 Å². The van der Waals surface area contributed by atoms with Crippen molar-refractivity contribution in [3.63, 3.8) is 0 Å². The summed E-state index contributed by atoms with van der Waals surface area (Å²) in [6, 6.07) is 10.1. The Morgan fingerprint density at radius 2 is 1.96 bits per heavy atom. The third-order valence-electron chi connectivity index (χ3n) is 3.85. The largest absolute Gasteiger partial charge is 0.356 e. The fraction of sp³-hybridized carbons (Fsp3) is 0.222. The number of thiazole rings is 1. The summed E-state index contributed by atoms with van der Waals surface area (Å²) < 4.78 is 0. The highest BCUT2D eigenvalue weighted by Crippen LogP contribution is 2.25. The topological polar surface area (TPSA) is 75.1 Å². The average molecular weight is 350 g/mol. The molecule has 0 saturated heterocycles. The Labute approximate surface area is 150 Å². The zero-order valence-electron chi connectivity index (χ0n) is 13.9. The third-order valence-corrected chi connectivity index (χ3v) is 4.61. The molecule has 6 nitrogen and oxygen atoms in total. The molecule has 3 heterocycles. The summed E-state index contributed by atoms with van der Waals surface area (Å²) in [6.07, 6.45) is 2.84. The van der Waals surface area contributed by atoms with Crippen LogP contribution in [-0.4, -0.2) is 34.0 Å². The van der Waals surface area contributed by atoms with E-state index >= 15 is 0 Å². The van der Waals surface area contributed by atoms with Crippen LogP contribution >= 0.6 is 11.3 Å².